The van der Waals surface area contributed by atoms with Crippen LogP contribution in [0.15, 0.2) is 42.7 Å². The summed E-state index contributed by atoms with van der Waals surface area (Å²) in [6.07, 6.45) is 7.47. The number of benzene rings is 1. The molecule has 3 rings (SSSR count). The fourth-order valence-electron chi connectivity index (χ4n) is 2.19. The predicted molar refractivity (Wildman–Crippen MR) is 85.0 cm³/mol. The number of carbonyl (C=O) groups is 1. The van der Waals surface area contributed by atoms with Gasteiger partial charge in [-0.05, 0) is 18.2 Å². The van der Waals surface area contributed by atoms with Gasteiger partial charge in [-0.2, -0.15) is 5.10 Å². The van der Waals surface area contributed by atoms with E-state index in [4.69, 9.17) is 0 Å². The van der Waals surface area contributed by atoms with Crippen LogP contribution in [0.3, 0.4) is 0 Å². The number of nitrogens with one attached hydrogen (secondary N) is 2. The van der Waals surface area contributed by atoms with Gasteiger partial charge in [0, 0.05) is 37.8 Å². The smallest absolute Gasteiger partial charge is 0.244 e. The zero-order chi connectivity index (χ0) is 15.4. The van der Waals surface area contributed by atoms with E-state index in [1.807, 2.05) is 37.5 Å². The summed E-state index contributed by atoms with van der Waals surface area (Å²) in [4.78, 5) is 19.4. The molecule has 0 spiro atoms. The number of para-hydroxylation sites is 2. The number of aromatic nitrogens is 4. The molecule has 0 aliphatic carbocycles. The fraction of sp³-hybridized carbons (Fsp3) is 0.188. The van der Waals surface area contributed by atoms with Gasteiger partial charge in [-0.3, -0.25) is 9.48 Å². The van der Waals surface area contributed by atoms with Crippen molar-refractivity contribution in [1.29, 1.82) is 0 Å². The van der Waals surface area contributed by atoms with Crippen LogP contribution in [-0.2, 0) is 18.3 Å². The molecule has 3 aromatic rings. The normalized spacial score (nSPS) is 11.3. The van der Waals surface area contributed by atoms with E-state index >= 15 is 0 Å². The standard InChI is InChI=1S/C16H17N5O/c1-21-11-12(10-18-21)6-7-16(22)17-9-8-15-19-13-4-2-3-5-14(13)20-15/h2-7,10-11H,8-9H2,1H3,(H,17,22)(H,19,20)/b7-6+. The van der Waals surface area contributed by atoms with E-state index in [0.29, 0.717) is 13.0 Å². The summed E-state index contributed by atoms with van der Waals surface area (Å²) in [5.41, 5.74) is 2.86. The van der Waals surface area contributed by atoms with Gasteiger partial charge in [0.1, 0.15) is 5.82 Å². The first-order chi connectivity index (χ1) is 10.7. The monoisotopic (exact) mass is 295 g/mol. The number of hydrogen-bond donors (Lipinski definition) is 2. The molecule has 2 heterocycles. The van der Waals surface area contributed by atoms with Crippen molar-refractivity contribution < 1.29 is 4.79 Å². The molecule has 0 radical (unpaired) electrons. The van der Waals surface area contributed by atoms with Gasteiger partial charge >= 0.3 is 0 Å². The lowest BCUT2D eigenvalue weighted by Crippen LogP contribution is -2.23. The van der Waals surface area contributed by atoms with Gasteiger partial charge in [-0.25, -0.2) is 4.98 Å². The number of rotatable bonds is 5. The molecule has 1 amide bonds. The van der Waals surface area contributed by atoms with Crippen LogP contribution in [0.1, 0.15) is 11.4 Å². The molecular formula is C16H17N5O. The van der Waals surface area contributed by atoms with E-state index in [1.54, 1.807) is 17.0 Å². The second-order valence-corrected chi connectivity index (χ2v) is 5.02. The van der Waals surface area contributed by atoms with E-state index in [1.165, 1.54) is 6.08 Å². The molecule has 0 fully saturated rings. The number of carbonyl (C=O) groups excluding carboxylic acids is 1. The highest BCUT2D eigenvalue weighted by Crippen LogP contribution is 2.10. The summed E-state index contributed by atoms with van der Waals surface area (Å²) in [5.74, 6) is 0.748. The van der Waals surface area contributed by atoms with E-state index < -0.39 is 0 Å². The Labute approximate surface area is 127 Å². The molecule has 0 bridgehead atoms. The van der Waals surface area contributed by atoms with Crippen LogP contribution in [0.2, 0.25) is 0 Å². The first-order valence-electron chi connectivity index (χ1n) is 7.09. The van der Waals surface area contributed by atoms with Crippen LogP contribution >= 0.6 is 0 Å². The Kier molecular flexibility index (Phi) is 4.00. The average Bonchev–Trinajstić information content (AvgIpc) is 3.10. The third-order valence-corrected chi connectivity index (χ3v) is 3.25. The highest BCUT2D eigenvalue weighted by atomic mass is 16.1. The number of imidazole rings is 1. The molecule has 2 N–H and O–H groups in total. The van der Waals surface area contributed by atoms with Crippen molar-refractivity contribution in [2.45, 2.75) is 6.42 Å². The largest absolute Gasteiger partial charge is 0.352 e. The van der Waals surface area contributed by atoms with Gasteiger partial charge in [0.2, 0.25) is 5.91 Å². The number of aromatic amines is 1. The summed E-state index contributed by atoms with van der Waals surface area (Å²) < 4.78 is 1.69. The lowest BCUT2D eigenvalue weighted by Gasteiger charge is -1.99. The summed E-state index contributed by atoms with van der Waals surface area (Å²) in [6.45, 7) is 0.538. The summed E-state index contributed by atoms with van der Waals surface area (Å²) in [7, 11) is 1.84. The van der Waals surface area contributed by atoms with Gasteiger partial charge in [-0.1, -0.05) is 12.1 Å². The Hall–Kier alpha value is -2.89. The van der Waals surface area contributed by atoms with Crippen molar-refractivity contribution in [2.75, 3.05) is 6.54 Å². The molecular weight excluding hydrogens is 278 g/mol. The SMILES string of the molecule is Cn1cc(/C=C/C(=O)NCCc2nc3ccccc3[nH]2)cn1. The van der Waals surface area contributed by atoms with Crippen LogP contribution in [-0.4, -0.2) is 32.2 Å². The molecule has 6 heteroatoms. The van der Waals surface area contributed by atoms with Gasteiger partial charge in [0.05, 0.1) is 17.2 Å². The summed E-state index contributed by atoms with van der Waals surface area (Å²) in [5, 5.41) is 6.88. The third-order valence-electron chi connectivity index (χ3n) is 3.25. The summed E-state index contributed by atoms with van der Waals surface area (Å²) in [6, 6.07) is 7.87. The van der Waals surface area contributed by atoms with Gasteiger partial charge < -0.3 is 10.3 Å². The van der Waals surface area contributed by atoms with Crippen LogP contribution in [0.5, 0.6) is 0 Å². The van der Waals surface area contributed by atoms with E-state index in [-0.39, 0.29) is 5.91 Å². The third kappa shape index (κ3) is 3.41. The fourth-order valence-corrected chi connectivity index (χ4v) is 2.19. The highest BCUT2D eigenvalue weighted by molar-refractivity contribution is 5.91. The van der Waals surface area contributed by atoms with Crippen LogP contribution in [0, 0.1) is 0 Å². The molecule has 0 saturated heterocycles. The lowest BCUT2D eigenvalue weighted by atomic mass is 10.3. The number of nitrogens with zero attached hydrogens (tertiary/aromatic N) is 3. The van der Waals surface area contributed by atoms with Crippen molar-refractivity contribution in [3.05, 3.63) is 54.1 Å². The second kappa shape index (κ2) is 6.26. The Morgan fingerprint density at radius 2 is 2.27 bits per heavy atom. The van der Waals surface area contributed by atoms with E-state index in [9.17, 15) is 4.79 Å². The van der Waals surface area contributed by atoms with Crippen LogP contribution in [0.25, 0.3) is 17.1 Å². The van der Waals surface area contributed by atoms with Crippen LogP contribution in [0.4, 0.5) is 0 Å². The second-order valence-electron chi connectivity index (χ2n) is 5.02. The Balaban J connectivity index is 1.50. The topological polar surface area (TPSA) is 75.6 Å². The molecule has 6 nitrogen and oxygen atoms in total. The number of aryl methyl sites for hydroxylation is 1. The minimum atomic E-state index is -0.125. The minimum Gasteiger partial charge on any atom is -0.352 e. The Morgan fingerprint density at radius 3 is 3.05 bits per heavy atom. The maximum Gasteiger partial charge on any atom is 0.244 e. The van der Waals surface area contributed by atoms with Crippen molar-refractivity contribution in [3.63, 3.8) is 0 Å². The maximum absolute atomic E-state index is 11.7. The van der Waals surface area contributed by atoms with Crippen molar-refractivity contribution in [1.82, 2.24) is 25.1 Å². The zero-order valence-corrected chi connectivity index (χ0v) is 12.3. The predicted octanol–water partition coefficient (Wildman–Crippen LogP) is 1.67. The quantitative estimate of drug-likeness (QED) is 0.703. The Morgan fingerprint density at radius 1 is 1.41 bits per heavy atom. The molecule has 0 unspecified atom stereocenters. The van der Waals surface area contributed by atoms with Gasteiger partial charge in [0.25, 0.3) is 0 Å². The first kappa shape index (κ1) is 14.1. The molecule has 0 saturated carbocycles. The van der Waals surface area contributed by atoms with E-state index in [0.717, 1.165) is 22.4 Å². The highest BCUT2D eigenvalue weighted by Gasteiger charge is 2.02. The number of H-pyrrole nitrogens is 1. The number of fused-ring (bicyclic) bond motifs is 1. The van der Waals surface area contributed by atoms with E-state index in [2.05, 4.69) is 20.4 Å². The minimum absolute atomic E-state index is 0.125. The van der Waals surface area contributed by atoms with Crippen molar-refractivity contribution in [2.24, 2.45) is 7.05 Å². The van der Waals surface area contributed by atoms with Gasteiger partial charge in [0.15, 0.2) is 0 Å². The number of hydrogen-bond acceptors (Lipinski definition) is 3. The van der Waals surface area contributed by atoms with Crippen molar-refractivity contribution >= 4 is 23.0 Å². The lowest BCUT2D eigenvalue weighted by molar-refractivity contribution is -0.116. The molecule has 2 aromatic heterocycles. The average molecular weight is 295 g/mol. The molecule has 112 valence electrons. The van der Waals surface area contributed by atoms with Crippen molar-refractivity contribution in [3.8, 4) is 0 Å². The maximum atomic E-state index is 11.7. The zero-order valence-electron chi connectivity index (χ0n) is 12.3. The van der Waals surface area contributed by atoms with Gasteiger partial charge in [-0.15, -0.1) is 0 Å². The first-order valence-corrected chi connectivity index (χ1v) is 7.09. The molecule has 0 aliphatic rings. The molecule has 0 atom stereocenters. The number of amides is 1. The Bertz CT molecular complexity index is 782. The summed E-state index contributed by atoms with van der Waals surface area (Å²) >= 11 is 0. The molecule has 22 heavy (non-hydrogen) atoms. The van der Waals surface area contributed by atoms with Crippen LogP contribution < -0.4 is 5.32 Å². The molecule has 0 aliphatic heterocycles. The molecule has 1 aromatic carbocycles.